The van der Waals surface area contributed by atoms with E-state index < -0.39 is 0 Å². The highest BCUT2D eigenvalue weighted by molar-refractivity contribution is 5.23. The fourth-order valence-electron chi connectivity index (χ4n) is 1.03. The minimum absolute atomic E-state index is 0.240. The second-order valence-electron chi connectivity index (χ2n) is 3.57. The highest BCUT2D eigenvalue weighted by Crippen LogP contribution is 2.33. The standard InChI is InChI=1S/C11H20/c1-7-9(3)11(5,6)10(4)8-2/h7-8H,1-6H3. The van der Waals surface area contributed by atoms with E-state index in [0.29, 0.717) is 0 Å². The molecule has 0 spiro atoms. The van der Waals surface area contributed by atoms with Gasteiger partial charge in [0.15, 0.2) is 0 Å². The molecule has 0 unspecified atom stereocenters. The number of hydrogen-bond acceptors (Lipinski definition) is 0. The third kappa shape index (κ3) is 2.21. The summed E-state index contributed by atoms with van der Waals surface area (Å²) >= 11 is 0. The zero-order valence-electron chi connectivity index (χ0n) is 8.65. The zero-order chi connectivity index (χ0) is 9.07. The molecule has 0 saturated heterocycles. The summed E-state index contributed by atoms with van der Waals surface area (Å²) in [6.45, 7) is 13.1. The van der Waals surface area contributed by atoms with Gasteiger partial charge in [-0.2, -0.15) is 0 Å². The summed E-state index contributed by atoms with van der Waals surface area (Å²) in [7, 11) is 0. The summed E-state index contributed by atoms with van der Waals surface area (Å²) in [5.41, 5.74) is 3.12. The van der Waals surface area contributed by atoms with Crippen LogP contribution in [0.15, 0.2) is 23.3 Å². The monoisotopic (exact) mass is 152 g/mol. The molecule has 0 atom stereocenters. The lowest BCUT2D eigenvalue weighted by atomic mass is 9.78. The smallest absolute Gasteiger partial charge is 0.00582 e. The second-order valence-corrected chi connectivity index (χ2v) is 3.57. The minimum atomic E-state index is 0.240. The molecule has 64 valence electrons. The number of rotatable bonds is 2. The van der Waals surface area contributed by atoms with Crippen LogP contribution in [0.3, 0.4) is 0 Å². The van der Waals surface area contributed by atoms with E-state index in [1.54, 1.807) is 0 Å². The predicted octanol–water partition coefficient (Wildman–Crippen LogP) is 3.95. The summed E-state index contributed by atoms with van der Waals surface area (Å²) in [6, 6.07) is 0. The Morgan fingerprint density at radius 2 is 1.18 bits per heavy atom. The lowest BCUT2D eigenvalue weighted by Gasteiger charge is -2.27. The predicted molar refractivity (Wildman–Crippen MR) is 52.6 cm³/mol. The van der Waals surface area contributed by atoms with Gasteiger partial charge in [-0.1, -0.05) is 37.1 Å². The van der Waals surface area contributed by atoms with Gasteiger partial charge in [0, 0.05) is 5.41 Å². The normalized spacial score (nSPS) is 15.5. The maximum Gasteiger partial charge on any atom is 0.00582 e. The van der Waals surface area contributed by atoms with E-state index in [1.807, 2.05) is 0 Å². The maximum absolute atomic E-state index is 2.26. The highest BCUT2D eigenvalue weighted by Gasteiger charge is 2.20. The van der Waals surface area contributed by atoms with Crippen molar-refractivity contribution in [1.82, 2.24) is 0 Å². The van der Waals surface area contributed by atoms with Gasteiger partial charge in [-0.25, -0.2) is 0 Å². The molecular formula is C11H20. The Hall–Kier alpha value is -0.520. The SMILES string of the molecule is CC=C(C)C(C)(C)C(C)=CC. The lowest BCUT2D eigenvalue weighted by molar-refractivity contribution is 0.536. The minimum Gasteiger partial charge on any atom is -0.0879 e. The van der Waals surface area contributed by atoms with Crippen molar-refractivity contribution in [2.45, 2.75) is 41.5 Å². The van der Waals surface area contributed by atoms with E-state index in [9.17, 15) is 0 Å². The second kappa shape index (κ2) is 3.75. The molecule has 0 aliphatic rings. The Morgan fingerprint density at radius 1 is 0.909 bits per heavy atom. The van der Waals surface area contributed by atoms with E-state index in [-0.39, 0.29) is 5.41 Å². The molecule has 0 aromatic heterocycles. The topological polar surface area (TPSA) is 0 Å². The van der Waals surface area contributed by atoms with Crippen LogP contribution in [-0.2, 0) is 0 Å². The average Bonchev–Trinajstić information content (AvgIpc) is 2.01. The van der Waals surface area contributed by atoms with Crippen molar-refractivity contribution in [2.24, 2.45) is 5.41 Å². The van der Waals surface area contributed by atoms with Crippen LogP contribution < -0.4 is 0 Å². The van der Waals surface area contributed by atoms with E-state index in [4.69, 9.17) is 0 Å². The van der Waals surface area contributed by atoms with Crippen molar-refractivity contribution in [1.29, 1.82) is 0 Å². The number of allylic oxidation sites excluding steroid dienone is 4. The van der Waals surface area contributed by atoms with Gasteiger partial charge in [0.1, 0.15) is 0 Å². The van der Waals surface area contributed by atoms with Gasteiger partial charge in [-0.05, 0) is 27.7 Å². The van der Waals surface area contributed by atoms with E-state index in [2.05, 4.69) is 53.7 Å². The van der Waals surface area contributed by atoms with Crippen molar-refractivity contribution in [3.05, 3.63) is 23.3 Å². The molecule has 0 aliphatic heterocycles. The van der Waals surface area contributed by atoms with Crippen LogP contribution in [0.4, 0.5) is 0 Å². The molecule has 0 nitrogen and oxygen atoms in total. The van der Waals surface area contributed by atoms with Gasteiger partial charge in [0.05, 0.1) is 0 Å². The van der Waals surface area contributed by atoms with Crippen molar-refractivity contribution in [3.8, 4) is 0 Å². The maximum atomic E-state index is 2.26. The average molecular weight is 152 g/mol. The molecule has 0 rings (SSSR count). The molecule has 11 heavy (non-hydrogen) atoms. The summed E-state index contributed by atoms with van der Waals surface area (Å²) in [5.74, 6) is 0. The number of hydrogen-bond donors (Lipinski definition) is 0. The van der Waals surface area contributed by atoms with Gasteiger partial charge in [-0.15, -0.1) is 0 Å². The summed E-state index contributed by atoms with van der Waals surface area (Å²) < 4.78 is 0. The van der Waals surface area contributed by atoms with E-state index >= 15 is 0 Å². The molecule has 0 N–H and O–H groups in total. The summed E-state index contributed by atoms with van der Waals surface area (Å²) in [6.07, 6.45) is 4.38. The van der Waals surface area contributed by atoms with Gasteiger partial charge < -0.3 is 0 Å². The van der Waals surface area contributed by atoms with Gasteiger partial charge in [-0.3, -0.25) is 0 Å². The molecular weight excluding hydrogens is 132 g/mol. The first-order valence-electron chi connectivity index (χ1n) is 4.23. The molecule has 0 aromatic rings. The largest absolute Gasteiger partial charge is 0.0879 e. The Bertz CT molecular complexity index is 160. The Labute approximate surface area is 71.0 Å². The van der Waals surface area contributed by atoms with Crippen molar-refractivity contribution >= 4 is 0 Å². The zero-order valence-corrected chi connectivity index (χ0v) is 8.65. The van der Waals surface area contributed by atoms with Crippen LogP contribution in [0.1, 0.15) is 41.5 Å². The van der Waals surface area contributed by atoms with Crippen LogP contribution in [0, 0.1) is 5.41 Å². The van der Waals surface area contributed by atoms with Crippen LogP contribution in [0.2, 0.25) is 0 Å². The highest BCUT2D eigenvalue weighted by atomic mass is 14.2. The van der Waals surface area contributed by atoms with Gasteiger partial charge >= 0.3 is 0 Å². The van der Waals surface area contributed by atoms with Crippen LogP contribution in [0.5, 0.6) is 0 Å². The van der Waals surface area contributed by atoms with E-state index in [1.165, 1.54) is 11.1 Å². The van der Waals surface area contributed by atoms with Crippen molar-refractivity contribution in [3.63, 3.8) is 0 Å². The van der Waals surface area contributed by atoms with Crippen molar-refractivity contribution < 1.29 is 0 Å². The third-order valence-electron chi connectivity index (χ3n) is 2.84. The lowest BCUT2D eigenvalue weighted by Crippen LogP contribution is -2.14. The van der Waals surface area contributed by atoms with Crippen molar-refractivity contribution in [2.75, 3.05) is 0 Å². The first-order valence-corrected chi connectivity index (χ1v) is 4.23. The Balaban J connectivity index is 4.73. The molecule has 0 radical (unpaired) electrons. The van der Waals surface area contributed by atoms with Crippen LogP contribution in [0.25, 0.3) is 0 Å². The Morgan fingerprint density at radius 3 is 1.36 bits per heavy atom. The fourth-order valence-corrected chi connectivity index (χ4v) is 1.03. The third-order valence-corrected chi connectivity index (χ3v) is 2.84. The quantitative estimate of drug-likeness (QED) is 0.526. The fraction of sp³-hybridized carbons (Fsp3) is 0.636. The first kappa shape index (κ1) is 10.5. The molecule has 0 aromatic carbocycles. The van der Waals surface area contributed by atoms with Gasteiger partial charge in [0.2, 0.25) is 0 Å². The molecule has 0 heterocycles. The van der Waals surface area contributed by atoms with Gasteiger partial charge in [0.25, 0.3) is 0 Å². The molecule has 0 saturated carbocycles. The molecule has 0 aliphatic carbocycles. The van der Waals surface area contributed by atoms with Crippen LogP contribution in [-0.4, -0.2) is 0 Å². The summed E-state index contributed by atoms with van der Waals surface area (Å²) in [4.78, 5) is 0. The molecule has 0 amide bonds. The molecule has 0 heteroatoms. The van der Waals surface area contributed by atoms with E-state index in [0.717, 1.165) is 0 Å². The first-order chi connectivity index (χ1) is 4.96. The van der Waals surface area contributed by atoms with Crippen LogP contribution >= 0.6 is 0 Å². The molecule has 0 bridgehead atoms. The Kier molecular flexibility index (Phi) is 3.57. The molecule has 0 fully saturated rings. The summed E-state index contributed by atoms with van der Waals surface area (Å²) in [5, 5.41) is 0.